The first-order valence-electron chi connectivity index (χ1n) is 3.45. The Balaban J connectivity index is 3.37. The van der Waals surface area contributed by atoms with Crippen molar-refractivity contribution in [3.63, 3.8) is 0 Å². The number of aryl methyl sites for hydroxylation is 1. The molecule has 0 aromatic heterocycles. The van der Waals surface area contributed by atoms with Crippen LogP contribution >= 0.6 is 11.6 Å². The van der Waals surface area contributed by atoms with E-state index in [0.717, 1.165) is 6.07 Å². The molecule has 0 heterocycles. The Morgan fingerprint density at radius 3 is 2.31 bits per heavy atom. The van der Waals surface area contributed by atoms with E-state index in [1.165, 1.54) is 13.0 Å². The van der Waals surface area contributed by atoms with Crippen LogP contribution in [0.15, 0.2) is 12.1 Å². The minimum Gasteiger partial charge on any atom is -0.399 e. The van der Waals surface area contributed by atoms with Crippen LogP contribution in [0, 0.1) is 6.92 Å². The van der Waals surface area contributed by atoms with Gasteiger partial charge in [0, 0.05) is 5.69 Å². The average Bonchev–Trinajstić information content (AvgIpc) is 1.94. The summed E-state index contributed by atoms with van der Waals surface area (Å²) in [5.41, 5.74) is 4.78. The third-order valence-corrected chi connectivity index (χ3v) is 2.08. The van der Waals surface area contributed by atoms with Gasteiger partial charge in [0.25, 0.3) is 0 Å². The van der Waals surface area contributed by atoms with Crippen LogP contribution < -0.4 is 5.73 Å². The number of rotatable bonds is 0. The largest absolute Gasteiger partial charge is 0.417 e. The van der Waals surface area contributed by atoms with E-state index in [0.29, 0.717) is 5.56 Å². The third kappa shape index (κ3) is 2.06. The summed E-state index contributed by atoms with van der Waals surface area (Å²) < 4.78 is 36.8. The van der Waals surface area contributed by atoms with Crippen molar-refractivity contribution in [2.45, 2.75) is 13.1 Å². The van der Waals surface area contributed by atoms with Gasteiger partial charge in [-0.1, -0.05) is 11.6 Å². The fourth-order valence-corrected chi connectivity index (χ4v) is 1.22. The molecule has 0 spiro atoms. The molecule has 0 aliphatic heterocycles. The monoisotopic (exact) mass is 209 g/mol. The first kappa shape index (κ1) is 10.2. The van der Waals surface area contributed by atoms with E-state index in [2.05, 4.69) is 0 Å². The fourth-order valence-electron chi connectivity index (χ4n) is 1.00. The quantitative estimate of drug-likeness (QED) is 0.652. The van der Waals surface area contributed by atoms with Gasteiger partial charge in [0.2, 0.25) is 0 Å². The van der Waals surface area contributed by atoms with Crippen molar-refractivity contribution >= 4 is 17.3 Å². The van der Waals surface area contributed by atoms with E-state index in [4.69, 9.17) is 17.3 Å². The molecular formula is C8H7ClF3N. The molecule has 0 saturated carbocycles. The smallest absolute Gasteiger partial charge is 0.399 e. The average molecular weight is 210 g/mol. The van der Waals surface area contributed by atoms with E-state index in [1.807, 2.05) is 0 Å². The molecule has 1 rings (SSSR count). The number of nitrogen functional groups attached to an aromatic ring is 1. The van der Waals surface area contributed by atoms with Crippen LogP contribution in [0.4, 0.5) is 18.9 Å². The number of halogens is 4. The zero-order valence-electron chi connectivity index (χ0n) is 6.74. The Morgan fingerprint density at radius 1 is 1.31 bits per heavy atom. The Labute approximate surface area is 78.3 Å². The molecule has 1 aromatic rings. The zero-order chi connectivity index (χ0) is 10.2. The molecule has 1 nitrogen and oxygen atoms in total. The molecule has 0 saturated heterocycles. The molecule has 0 unspecified atom stereocenters. The lowest BCUT2D eigenvalue weighted by Crippen LogP contribution is -2.07. The lowest BCUT2D eigenvalue weighted by atomic mass is 10.1. The first-order valence-corrected chi connectivity index (χ1v) is 3.83. The van der Waals surface area contributed by atoms with Crippen molar-refractivity contribution < 1.29 is 13.2 Å². The van der Waals surface area contributed by atoms with Crippen molar-refractivity contribution in [2.75, 3.05) is 5.73 Å². The van der Waals surface area contributed by atoms with Crippen molar-refractivity contribution in [3.05, 3.63) is 28.3 Å². The van der Waals surface area contributed by atoms with Crippen LogP contribution in [0.2, 0.25) is 5.02 Å². The number of anilines is 1. The number of hydrogen-bond donors (Lipinski definition) is 1. The minimum absolute atomic E-state index is 0.0641. The Morgan fingerprint density at radius 2 is 1.85 bits per heavy atom. The molecule has 0 aliphatic rings. The summed E-state index contributed by atoms with van der Waals surface area (Å²) >= 11 is 5.47. The standard InChI is InChI=1S/C8H7ClF3N/c1-4-2-5(13)3-6(7(4)9)8(10,11)12/h2-3H,13H2,1H3. The summed E-state index contributed by atoms with van der Waals surface area (Å²) in [6.07, 6.45) is -4.45. The normalized spacial score (nSPS) is 11.8. The summed E-state index contributed by atoms with van der Waals surface area (Å²) in [6.45, 7) is 1.48. The molecule has 13 heavy (non-hydrogen) atoms. The molecule has 0 radical (unpaired) electrons. The van der Waals surface area contributed by atoms with Gasteiger partial charge < -0.3 is 5.73 Å². The molecule has 2 N–H and O–H groups in total. The van der Waals surface area contributed by atoms with Crippen molar-refractivity contribution in [1.29, 1.82) is 0 Å². The second-order valence-corrected chi connectivity index (χ2v) is 3.08. The van der Waals surface area contributed by atoms with Crippen LogP contribution in [0.5, 0.6) is 0 Å². The Hall–Kier alpha value is -0.900. The first-order chi connectivity index (χ1) is 5.82. The molecule has 72 valence electrons. The van der Waals surface area contributed by atoms with Gasteiger partial charge in [-0.2, -0.15) is 13.2 Å². The molecule has 0 fully saturated rings. The molecular weight excluding hydrogens is 203 g/mol. The predicted molar refractivity (Wildman–Crippen MR) is 45.6 cm³/mol. The lowest BCUT2D eigenvalue weighted by Gasteiger charge is -2.11. The Bertz CT molecular complexity index is 333. The van der Waals surface area contributed by atoms with Crippen LogP contribution in [0.25, 0.3) is 0 Å². The number of alkyl halides is 3. The van der Waals surface area contributed by atoms with Gasteiger partial charge >= 0.3 is 6.18 Å². The molecule has 0 atom stereocenters. The molecule has 0 bridgehead atoms. The SMILES string of the molecule is Cc1cc(N)cc(C(F)(F)F)c1Cl. The summed E-state index contributed by atoms with van der Waals surface area (Å²) in [6, 6.07) is 2.23. The van der Waals surface area contributed by atoms with Crippen molar-refractivity contribution in [2.24, 2.45) is 0 Å². The summed E-state index contributed by atoms with van der Waals surface area (Å²) in [4.78, 5) is 0. The number of hydrogen-bond acceptors (Lipinski definition) is 1. The predicted octanol–water partition coefficient (Wildman–Crippen LogP) is 3.25. The van der Waals surface area contributed by atoms with Crippen molar-refractivity contribution in [3.8, 4) is 0 Å². The van der Waals surface area contributed by atoms with Crippen molar-refractivity contribution in [1.82, 2.24) is 0 Å². The van der Waals surface area contributed by atoms with Crippen LogP contribution in [-0.4, -0.2) is 0 Å². The molecule has 0 aliphatic carbocycles. The highest BCUT2D eigenvalue weighted by atomic mass is 35.5. The van der Waals surface area contributed by atoms with E-state index in [9.17, 15) is 13.2 Å². The lowest BCUT2D eigenvalue weighted by molar-refractivity contribution is -0.137. The van der Waals surface area contributed by atoms with E-state index in [1.54, 1.807) is 0 Å². The van der Waals surface area contributed by atoms with E-state index in [-0.39, 0.29) is 10.7 Å². The van der Waals surface area contributed by atoms with Crippen LogP contribution in [0.3, 0.4) is 0 Å². The number of benzene rings is 1. The number of nitrogens with two attached hydrogens (primary N) is 1. The second kappa shape index (κ2) is 3.10. The van der Waals surface area contributed by atoms with Gasteiger partial charge in [0.05, 0.1) is 10.6 Å². The molecule has 5 heteroatoms. The second-order valence-electron chi connectivity index (χ2n) is 2.70. The van der Waals surface area contributed by atoms with Gasteiger partial charge in [0.1, 0.15) is 0 Å². The maximum absolute atomic E-state index is 12.3. The molecule has 1 aromatic carbocycles. The minimum atomic E-state index is -4.45. The van der Waals surface area contributed by atoms with Crippen LogP contribution in [0.1, 0.15) is 11.1 Å². The van der Waals surface area contributed by atoms with E-state index >= 15 is 0 Å². The van der Waals surface area contributed by atoms with Gasteiger partial charge in [-0.05, 0) is 24.6 Å². The van der Waals surface area contributed by atoms with Gasteiger partial charge in [-0.3, -0.25) is 0 Å². The van der Waals surface area contributed by atoms with Gasteiger partial charge in [-0.15, -0.1) is 0 Å². The fraction of sp³-hybridized carbons (Fsp3) is 0.250. The topological polar surface area (TPSA) is 26.0 Å². The van der Waals surface area contributed by atoms with E-state index < -0.39 is 11.7 Å². The highest BCUT2D eigenvalue weighted by Crippen LogP contribution is 2.37. The Kier molecular flexibility index (Phi) is 2.43. The molecule has 0 amide bonds. The van der Waals surface area contributed by atoms with Gasteiger partial charge in [0.15, 0.2) is 0 Å². The van der Waals surface area contributed by atoms with Crippen LogP contribution in [-0.2, 0) is 6.18 Å². The summed E-state index contributed by atoms with van der Waals surface area (Å²) in [5.74, 6) is 0. The highest BCUT2D eigenvalue weighted by molar-refractivity contribution is 6.32. The highest BCUT2D eigenvalue weighted by Gasteiger charge is 2.33. The zero-order valence-corrected chi connectivity index (χ0v) is 7.50. The van der Waals surface area contributed by atoms with Gasteiger partial charge in [-0.25, -0.2) is 0 Å². The third-order valence-electron chi connectivity index (χ3n) is 1.58. The summed E-state index contributed by atoms with van der Waals surface area (Å²) in [5, 5.41) is -0.290. The maximum atomic E-state index is 12.3. The maximum Gasteiger partial charge on any atom is 0.417 e. The summed E-state index contributed by atoms with van der Waals surface area (Å²) in [7, 11) is 0.